The molecule has 9 nitrogen and oxygen atoms in total. The summed E-state index contributed by atoms with van der Waals surface area (Å²) in [5.41, 5.74) is 3.24. The van der Waals surface area contributed by atoms with E-state index in [9.17, 15) is 9.59 Å². The molecule has 9 heteroatoms. The lowest BCUT2D eigenvalue weighted by Gasteiger charge is -2.27. The summed E-state index contributed by atoms with van der Waals surface area (Å²) in [5, 5.41) is 0. The van der Waals surface area contributed by atoms with Gasteiger partial charge in [-0.15, -0.1) is 0 Å². The van der Waals surface area contributed by atoms with Crippen LogP contribution in [-0.2, 0) is 18.0 Å². The zero-order valence-electron chi connectivity index (χ0n) is 25.9. The standard InChI is InChI=1S/C36H37N3O6/c1-5-43-36(41)32-34(45-25-27-15-10-7-11-16-27)33(44-24-26-13-8-6-9-14-26)31(39(32)28-18-20-30(42-4)21-19-28)35(40)38(3)29-17-12-22-37(2)23-29/h6-22H,5,23-25H2,1-4H3. The van der Waals surface area contributed by atoms with E-state index in [4.69, 9.17) is 18.9 Å². The lowest BCUT2D eigenvalue weighted by molar-refractivity contribution is 0.0511. The fourth-order valence-electron chi connectivity index (χ4n) is 4.99. The number of allylic oxidation sites excluding steroid dienone is 2. The summed E-state index contributed by atoms with van der Waals surface area (Å²) in [6.07, 6.45) is 5.71. The lowest BCUT2D eigenvalue weighted by Crippen LogP contribution is -2.34. The van der Waals surface area contributed by atoms with Crippen molar-refractivity contribution in [3.8, 4) is 22.9 Å². The Morgan fingerprint density at radius 2 is 1.40 bits per heavy atom. The zero-order chi connectivity index (χ0) is 31.8. The van der Waals surface area contributed by atoms with Gasteiger partial charge in [-0.25, -0.2) is 4.79 Å². The van der Waals surface area contributed by atoms with E-state index in [1.807, 2.05) is 91.0 Å². The van der Waals surface area contributed by atoms with E-state index < -0.39 is 5.97 Å². The molecule has 0 saturated carbocycles. The van der Waals surface area contributed by atoms with Crippen molar-refractivity contribution < 1.29 is 28.5 Å². The Labute approximate surface area is 263 Å². The van der Waals surface area contributed by atoms with E-state index in [1.165, 1.54) is 0 Å². The van der Waals surface area contributed by atoms with Crippen LogP contribution < -0.4 is 14.2 Å². The Bertz CT molecular complexity index is 1680. The third-order valence-electron chi connectivity index (χ3n) is 7.31. The number of methoxy groups -OCH3 is 1. The van der Waals surface area contributed by atoms with Crippen molar-refractivity contribution in [1.29, 1.82) is 0 Å². The summed E-state index contributed by atoms with van der Waals surface area (Å²) in [5.74, 6) is -0.149. The molecule has 45 heavy (non-hydrogen) atoms. The molecule has 232 valence electrons. The third kappa shape index (κ3) is 7.04. The maximum atomic E-state index is 14.6. The number of nitrogens with zero attached hydrogens (tertiary/aromatic N) is 3. The second-order valence-corrected chi connectivity index (χ2v) is 10.4. The van der Waals surface area contributed by atoms with Gasteiger partial charge in [-0.2, -0.15) is 0 Å². The summed E-state index contributed by atoms with van der Waals surface area (Å²) in [7, 11) is 5.22. The number of amides is 1. The molecule has 3 aromatic carbocycles. The molecular formula is C36H37N3O6. The van der Waals surface area contributed by atoms with Gasteiger partial charge < -0.3 is 28.7 Å². The Morgan fingerprint density at radius 3 is 1.93 bits per heavy atom. The van der Waals surface area contributed by atoms with Gasteiger partial charge in [0.1, 0.15) is 19.0 Å². The Balaban J connectivity index is 1.74. The van der Waals surface area contributed by atoms with Crippen LogP contribution in [0.4, 0.5) is 0 Å². The average Bonchev–Trinajstić information content (AvgIpc) is 3.40. The SMILES string of the molecule is CCOC(=O)c1c(OCc2ccccc2)c(OCc2ccccc2)c(C(=O)N(C)C2=CC=CN(C)C2)n1-c1ccc(OC)cc1. The Morgan fingerprint density at radius 1 is 0.822 bits per heavy atom. The first-order valence-electron chi connectivity index (χ1n) is 14.7. The lowest BCUT2D eigenvalue weighted by atomic mass is 10.2. The van der Waals surface area contributed by atoms with Crippen molar-refractivity contribution in [1.82, 2.24) is 14.4 Å². The van der Waals surface area contributed by atoms with Gasteiger partial charge in [0, 0.05) is 25.5 Å². The van der Waals surface area contributed by atoms with E-state index >= 15 is 0 Å². The van der Waals surface area contributed by atoms with Crippen LogP contribution in [0.1, 0.15) is 39.0 Å². The van der Waals surface area contributed by atoms with Crippen molar-refractivity contribution in [2.75, 3.05) is 34.4 Å². The van der Waals surface area contributed by atoms with E-state index in [-0.39, 0.29) is 48.6 Å². The second-order valence-electron chi connectivity index (χ2n) is 10.4. The van der Waals surface area contributed by atoms with Crippen molar-refractivity contribution in [2.24, 2.45) is 0 Å². The van der Waals surface area contributed by atoms with Crippen molar-refractivity contribution >= 4 is 11.9 Å². The number of rotatable bonds is 12. The monoisotopic (exact) mass is 607 g/mol. The average molecular weight is 608 g/mol. The highest BCUT2D eigenvalue weighted by molar-refractivity contribution is 6.03. The van der Waals surface area contributed by atoms with E-state index in [0.717, 1.165) is 16.8 Å². The van der Waals surface area contributed by atoms with Crippen LogP contribution in [0.15, 0.2) is 109 Å². The van der Waals surface area contributed by atoms with Crippen LogP contribution in [0.5, 0.6) is 17.2 Å². The van der Waals surface area contributed by atoms with Crippen LogP contribution >= 0.6 is 0 Å². The molecule has 0 radical (unpaired) electrons. The maximum Gasteiger partial charge on any atom is 0.359 e. The number of benzene rings is 3. The molecule has 0 spiro atoms. The molecule has 0 fully saturated rings. The minimum atomic E-state index is -0.651. The second kappa shape index (κ2) is 14.4. The molecule has 0 aliphatic carbocycles. The van der Waals surface area contributed by atoms with E-state index in [2.05, 4.69) is 0 Å². The van der Waals surface area contributed by atoms with Gasteiger partial charge in [-0.3, -0.25) is 9.36 Å². The number of likely N-dealkylation sites (N-methyl/N-ethyl adjacent to an activating group) is 2. The van der Waals surface area contributed by atoms with Gasteiger partial charge in [-0.05, 0) is 60.7 Å². The molecular weight excluding hydrogens is 570 g/mol. The van der Waals surface area contributed by atoms with E-state index in [0.29, 0.717) is 18.0 Å². The zero-order valence-corrected chi connectivity index (χ0v) is 25.9. The van der Waals surface area contributed by atoms with Gasteiger partial charge in [-0.1, -0.05) is 60.7 Å². The quantitative estimate of drug-likeness (QED) is 0.177. The number of esters is 1. The van der Waals surface area contributed by atoms with Gasteiger partial charge in [0.05, 0.1) is 20.3 Å². The smallest absolute Gasteiger partial charge is 0.359 e. The molecule has 0 bridgehead atoms. The van der Waals surface area contributed by atoms with Crippen LogP contribution in [0.25, 0.3) is 5.69 Å². The number of carbonyl (C=O) groups excluding carboxylic acids is 2. The number of carbonyl (C=O) groups is 2. The largest absolute Gasteiger partial charge is 0.497 e. The molecule has 0 saturated heterocycles. The first-order valence-corrected chi connectivity index (χ1v) is 14.7. The topological polar surface area (TPSA) is 82.5 Å². The summed E-state index contributed by atoms with van der Waals surface area (Å²) in [4.78, 5) is 32.0. The first-order chi connectivity index (χ1) is 21.9. The number of hydrogen-bond donors (Lipinski definition) is 0. The fourth-order valence-corrected chi connectivity index (χ4v) is 4.99. The first kappa shape index (κ1) is 31.0. The summed E-state index contributed by atoms with van der Waals surface area (Å²) < 4.78 is 25.4. The van der Waals surface area contributed by atoms with Crippen LogP contribution in [0.3, 0.4) is 0 Å². The maximum absolute atomic E-state index is 14.6. The van der Waals surface area contributed by atoms with Crippen molar-refractivity contribution in [2.45, 2.75) is 20.1 Å². The Kier molecular flexibility index (Phi) is 9.89. The molecule has 1 aromatic heterocycles. The minimum absolute atomic E-state index is 0.0485. The number of ether oxygens (including phenoxy) is 4. The van der Waals surface area contributed by atoms with Gasteiger partial charge in [0.15, 0.2) is 22.9 Å². The molecule has 0 N–H and O–H groups in total. The Hall–Kier alpha value is -5.44. The highest BCUT2D eigenvalue weighted by Gasteiger charge is 2.37. The number of aromatic nitrogens is 1. The predicted octanol–water partition coefficient (Wildman–Crippen LogP) is 6.24. The van der Waals surface area contributed by atoms with Crippen LogP contribution in [-0.4, -0.2) is 60.6 Å². The van der Waals surface area contributed by atoms with Gasteiger partial charge in [0.25, 0.3) is 5.91 Å². The predicted molar refractivity (Wildman–Crippen MR) is 172 cm³/mol. The molecule has 1 aliphatic heterocycles. The highest BCUT2D eigenvalue weighted by Crippen LogP contribution is 2.43. The molecule has 1 amide bonds. The van der Waals surface area contributed by atoms with Gasteiger partial charge in [0.2, 0.25) is 0 Å². The molecule has 0 unspecified atom stereocenters. The summed E-state index contributed by atoms with van der Waals surface area (Å²) in [6.45, 7) is 2.64. The van der Waals surface area contributed by atoms with Crippen LogP contribution in [0.2, 0.25) is 0 Å². The molecule has 2 heterocycles. The van der Waals surface area contributed by atoms with Gasteiger partial charge >= 0.3 is 5.97 Å². The van der Waals surface area contributed by atoms with Crippen molar-refractivity contribution in [3.63, 3.8) is 0 Å². The minimum Gasteiger partial charge on any atom is -0.497 e. The third-order valence-corrected chi connectivity index (χ3v) is 7.31. The summed E-state index contributed by atoms with van der Waals surface area (Å²) >= 11 is 0. The van der Waals surface area contributed by atoms with E-state index in [1.54, 1.807) is 54.8 Å². The fraction of sp³-hybridized carbons (Fsp3) is 0.222. The highest BCUT2D eigenvalue weighted by atomic mass is 16.5. The summed E-state index contributed by atoms with van der Waals surface area (Å²) in [6, 6.07) is 26.3. The normalized spacial score (nSPS) is 12.4. The molecule has 5 rings (SSSR count). The van der Waals surface area contributed by atoms with Crippen LogP contribution in [0, 0.1) is 0 Å². The van der Waals surface area contributed by atoms with Crippen molar-refractivity contribution in [3.05, 3.63) is 131 Å². The molecule has 4 aromatic rings. The number of hydrogen-bond acceptors (Lipinski definition) is 7. The molecule has 0 atom stereocenters. The molecule has 1 aliphatic rings.